The molecule has 0 amide bonds. The Labute approximate surface area is 109 Å². The maximum atomic E-state index is 8.96. The summed E-state index contributed by atoms with van der Waals surface area (Å²) in [7, 11) is 0. The highest BCUT2D eigenvalue weighted by molar-refractivity contribution is 6.35. The van der Waals surface area contributed by atoms with Gasteiger partial charge in [-0.3, -0.25) is 0 Å². The lowest BCUT2D eigenvalue weighted by molar-refractivity contribution is 0.277. The van der Waals surface area contributed by atoms with Crippen LogP contribution in [0.4, 0.5) is 5.82 Å². The highest BCUT2D eigenvalue weighted by Crippen LogP contribution is 2.33. The minimum Gasteiger partial charge on any atom is -0.390 e. The van der Waals surface area contributed by atoms with Crippen molar-refractivity contribution in [3.8, 4) is 11.1 Å². The van der Waals surface area contributed by atoms with Crippen molar-refractivity contribution >= 4 is 29.0 Å². The SMILES string of the molecule is Nc1nc(CO)ccc1-c1cc(Cl)ccc1Cl. The summed E-state index contributed by atoms with van der Waals surface area (Å²) in [5.41, 5.74) is 7.78. The van der Waals surface area contributed by atoms with Crippen molar-refractivity contribution in [1.29, 1.82) is 0 Å². The predicted octanol–water partition coefficient (Wildman–Crippen LogP) is 3.13. The molecule has 0 radical (unpaired) electrons. The largest absolute Gasteiger partial charge is 0.390 e. The Morgan fingerprint density at radius 2 is 1.88 bits per heavy atom. The molecule has 1 aromatic heterocycles. The van der Waals surface area contributed by atoms with Gasteiger partial charge < -0.3 is 10.8 Å². The summed E-state index contributed by atoms with van der Waals surface area (Å²) in [5.74, 6) is 0.320. The van der Waals surface area contributed by atoms with E-state index < -0.39 is 0 Å². The van der Waals surface area contributed by atoms with E-state index in [0.29, 0.717) is 27.1 Å². The zero-order chi connectivity index (χ0) is 12.4. The van der Waals surface area contributed by atoms with Gasteiger partial charge in [-0.15, -0.1) is 0 Å². The molecule has 0 saturated carbocycles. The van der Waals surface area contributed by atoms with Crippen LogP contribution >= 0.6 is 23.2 Å². The molecule has 0 atom stereocenters. The molecule has 0 unspecified atom stereocenters. The second kappa shape index (κ2) is 4.92. The number of aliphatic hydroxyl groups is 1. The smallest absolute Gasteiger partial charge is 0.131 e. The normalized spacial score (nSPS) is 10.5. The quantitative estimate of drug-likeness (QED) is 0.880. The number of nitrogen functional groups attached to an aromatic ring is 1. The molecule has 1 aromatic carbocycles. The summed E-state index contributed by atoms with van der Waals surface area (Å²) >= 11 is 12.0. The molecule has 0 spiro atoms. The Balaban J connectivity index is 2.56. The Morgan fingerprint density at radius 1 is 1.12 bits per heavy atom. The van der Waals surface area contributed by atoms with Gasteiger partial charge in [0.1, 0.15) is 5.82 Å². The van der Waals surface area contributed by atoms with Crippen molar-refractivity contribution in [1.82, 2.24) is 4.98 Å². The van der Waals surface area contributed by atoms with Gasteiger partial charge >= 0.3 is 0 Å². The average Bonchev–Trinajstić information content (AvgIpc) is 2.32. The topological polar surface area (TPSA) is 59.1 Å². The van der Waals surface area contributed by atoms with Gasteiger partial charge in [0.15, 0.2) is 0 Å². The van der Waals surface area contributed by atoms with Crippen LogP contribution in [0.3, 0.4) is 0 Å². The molecule has 1 heterocycles. The Kier molecular flexibility index (Phi) is 3.52. The molecule has 0 aliphatic heterocycles. The molecule has 0 bridgehead atoms. The number of rotatable bonds is 2. The first-order chi connectivity index (χ1) is 8.11. The Hall–Kier alpha value is -1.29. The van der Waals surface area contributed by atoms with Crippen LogP contribution < -0.4 is 5.73 Å². The summed E-state index contributed by atoms with van der Waals surface area (Å²) in [6.45, 7) is -0.145. The van der Waals surface area contributed by atoms with Gasteiger partial charge in [-0.1, -0.05) is 23.2 Å². The lowest BCUT2D eigenvalue weighted by atomic mass is 10.1. The van der Waals surface area contributed by atoms with Crippen molar-refractivity contribution in [3.63, 3.8) is 0 Å². The monoisotopic (exact) mass is 268 g/mol. The van der Waals surface area contributed by atoms with Gasteiger partial charge in [0.05, 0.1) is 12.3 Å². The molecule has 17 heavy (non-hydrogen) atoms. The Morgan fingerprint density at radius 3 is 2.53 bits per heavy atom. The van der Waals surface area contributed by atoms with Crippen molar-refractivity contribution in [2.24, 2.45) is 0 Å². The minimum absolute atomic E-state index is 0.145. The van der Waals surface area contributed by atoms with Crippen LogP contribution in [0.5, 0.6) is 0 Å². The van der Waals surface area contributed by atoms with Crippen LogP contribution in [0, 0.1) is 0 Å². The maximum absolute atomic E-state index is 8.96. The molecule has 0 saturated heterocycles. The van der Waals surface area contributed by atoms with E-state index in [2.05, 4.69) is 4.98 Å². The zero-order valence-electron chi connectivity index (χ0n) is 8.82. The molecule has 0 fully saturated rings. The second-order valence-electron chi connectivity index (χ2n) is 3.52. The molecule has 2 rings (SSSR count). The fraction of sp³-hybridized carbons (Fsp3) is 0.0833. The lowest BCUT2D eigenvalue weighted by Crippen LogP contribution is -1.98. The molecule has 2 aromatic rings. The van der Waals surface area contributed by atoms with Gasteiger partial charge in [-0.25, -0.2) is 4.98 Å². The molecule has 3 N–H and O–H groups in total. The number of halogens is 2. The summed E-state index contributed by atoms with van der Waals surface area (Å²) in [4.78, 5) is 4.06. The number of hydrogen-bond acceptors (Lipinski definition) is 3. The van der Waals surface area contributed by atoms with Crippen molar-refractivity contribution in [3.05, 3.63) is 46.1 Å². The standard InChI is InChI=1S/C12H10Cl2N2O/c13-7-1-4-11(14)10(5-7)9-3-2-8(6-17)16-12(9)15/h1-5,17H,6H2,(H2,15,16). The first-order valence-electron chi connectivity index (χ1n) is 4.93. The Bertz CT molecular complexity index is 558. The van der Waals surface area contributed by atoms with Crippen LogP contribution in [-0.2, 0) is 6.61 Å². The molecule has 3 nitrogen and oxygen atoms in total. The third kappa shape index (κ3) is 2.52. The maximum Gasteiger partial charge on any atom is 0.131 e. The van der Waals surface area contributed by atoms with Crippen LogP contribution in [0.2, 0.25) is 10.0 Å². The zero-order valence-corrected chi connectivity index (χ0v) is 10.3. The summed E-state index contributed by atoms with van der Waals surface area (Å²) in [6.07, 6.45) is 0. The highest BCUT2D eigenvalue weighted by atomic mass is 35.5. The van der Waals surface area contributed by atoms with Crippen LogP contribution in [0.1, 0.15) is 5.69 Å². The van der Waals surface area contributed by atoms with E-state index in [-0.39, 0.29) is 6.61 Å². The fourth-order valence-corrected chi connectivity index (χ4v) is 1.93. The summed E-state index contributed by atoms with van der Waals surface area (Å²) in [6, 6.07) is 8.61. The van der Waals surface area contributed by atoms with Crippen molar-refractivity contribution in [2.75, 3.05) is 5.73 Å². The molecule has 0 aliphatic rings. The molecule has 88 valence electrons. The van der Waals surface area contributed by atoms with Gasteiger partial charge in [0, 0.05) is 21.2 Å². The van der Waals surface area contributed by atoms with Gasteiger partial charge in [-0.2, -0.15) is 0 Å². The van der Waals surface area contributed by atoms with Crippen molar-refractivity contribution < 1.29 is 5.11 Å². The van der Waals surface area contributed by atoms with Crippen LogP contribution in [0.15, 0.2) is 30.3 Å². The molecule has 5 heteroatoms. The summed E-state index contributed by atoms with van der Waals surface area (Å²) in [5, 5.41) is 10.1. The van der Waals surface area contributed by atoms with E-state index in [9.17, 15) is 0 Å². The minimum atomic E-state index is -0.145. The van der Waals surface area contributed by atoms with E-state index in [0.717, 1.165) is 5.56 Å². The van der Waals surface area contributed by atoms with Crippen LogP contribution in [0.25, 0.3) is 11.1 Å². The van der Waals surface area contributed by atoms with E-state index in [1.807, 2.05) is 0 Å². The molecule has 0 aliphatic carbocycles. The number of anilines is 1. The second-order valence-corrected chi connectivity index (χ2v) is 4.36. The van der Waals surface area contributed by atoms with E-state index in [4.69, 9.17) is 34.0 Å². The lowest BCUT2D eigenvalue weighted by Gasteiger charge is -2.08. The number of nitrogens with zero attached hydrogens (tertiary/aromatic N) is 1. The number of nitrogens with two attached hydrogens (primary N) is 1. The highest BCUT2D eigenvalue weighted by Gasteiger charge is 2.09. The first-order valence-corrected chi connectivity index (χ1v) is 5.69. The average molecular weight is 269 g/mol. The number of aliphatic hydroxyl groups excluding tert-OH is 1. The number of hydrogen-bond donors (Lipinski definition) is 2. The third-order valence-electron chi connectivity index (χ3n) is 2.36. The predicted molar refractivity (Wildman–Crippen MR) is 70.0 cm³/mol. The van der Waals surface area contributed by atoms with E-state index in [1.54, 1.807) is 30.3 Å². The molecular formula is C12H10Cl2N2O. The first kappa shape index (κ1) is 12.2. The molecular weight excluding hydrogens is 259 g/mol. The van der Waals surface area contributed by atoms with Crippen LogP contribution in [-0.4, -0.2) is 10.1 Å². The third-order valence-corrected chi connectivity index (χ3v) is 2.93. The van der Waals surface area contributed by atoms with E-state index >= 15 is 0 Å². The van der Waals surface area contributed by atoms with E-state index in [1.165, 1.54) is 0 Å². The van der Waals surface area contributed by atoms with Gasteiger partial charge in [-0.05, 0) is 30.3 Å². The van der Waals surface area contributed by atoms with Gasteiger partial charge in [0.2, 0.25) is 0 Å². The van der Waals surface area contributed by atoms with Gasteiger partial charge in [0.25, 0.3) is 0 Å². The number of benzene rings is 1. The summed E-state index contributed by atoms with van der Waals surface area (Å²) < 4.78 is 0. The van der Waals surface area contributed by atoms with Crippen molar-refractivity contribution in [2.45, 2.75) is 6.61 Å². The number of aromatic nitrogens is 1. The fourth-order valence-electron chi connectivity index (χ4n) is 1.54. The number of pyridine rings is 1.